The highest BCUT2D eigenvalue weighted by Gasteiger charge is 2.38. The summed E-state index contributed by atoms with van der Waals surface area (Å²) in [4.78, 5) is 5.30. The number of aromatic nitrogens is 1. The van der Waals surface area contributed by atoms with Crippen molar-refractivity contribution >= 4 is 5.82 Å². The van der Waals surface area contributed by atoms with Gasteiger partial charge in [0, 0.05) is 24.3 Å². The van der Waals surface area contributed by atoms with Gasteiger partial charge in [-0.3, -0.25) is 4.90 Å². The largest absolute Gasteiger partial charge is 0.401 e. The number of nitrogens with zero attached hydrogens (tertiary/aromatic N) is 2. The fourth-order valence-corrected chi connectivity index (χ4v) is 1.79. The third-order valence-corrected chi connectivity index (χ3v) is 2.75. The molecule has 1 aliphatic carbocycles. The van der Waals surface area contributed by atoms with Gasteiger partial charge >= 0.3 is 6.18 Å². The highest BCUT2D eigenvalue weighted by molar-refractivity contribution is 5.38. The Hall–Kier alpha value is -1.30. The van der Waals surface area contributed by atoms with Gasteiger partial charge in [0.05, 0.1) is 6.54 Å². The average Bonchev–Trinajstić information content (AvgIpc) is 3.01. The molecule has 2 rings (SSSR count). The number of anilines is 1. The van der Waals surface area contributed by atoms with Gasteiger partial charge in [-0.1, -0.05) is 6.07 Å². The SMILES string of the molecule is Nc1ncccc1CN(CC(F)(F)F)C1CC1. The Labute approximate surface area is 97.4 Å². The minimum absolute atomic E-state index is 0.0382. The second-order valence-electron chi connectivity index (χ2n) is 4.30. The van der Waals surface area contributed by atoms with Crippen molar-refractivity contribution in [2.45, 2.75) is 31.6 Å². The van der Waals surface area contributed by atoms with Crippen molar-refractivity contribution in [3.63, 3.8) is 0 Å². The summed E-state index contributed by atoms with van der Waals surface area (Å²) >= 11 is 0. The fraction of sp³-hybridized carbons (Fsp3) is 0.545. The lowest BCUT2D eigenvalue weighted by molar-refractivity contribution is -0.148. The zero-order chi connectivity index (χ0) is 12.5. The van der Waals surface area contributed by atoms with E-state index in [0.717, 1.165) is 12.8 Å². The molecule has 0 aliphatic heterocycles. The zero-order valence-electron chi connectivity index (χ0n) is 9.24. The van der Waals surface area contributed by atoms with Crippen molar-refractivity contribution in [2.24, 2.45) is 0 Å². The van der Waals surface area contributed by atoms with Gasteiger partial charge in [0.1, 0.15) is 5.82 Å². The number of hydrogen-bond acceptors (Lipinski definition) is 3. The topological polar surface area (TPSA) is 42.1 Å². The summed E-state index contributed by atoms with van der Waals surface area (Å²) in [6, 6.07) is 3.44. The Morgan fingerprint density at radius 3 is 2.65 bits per heavy atom. The standard InChI is InChI=1S/C11H14F3N3/c12-11(13,14)7-17(9-3-4-9)6-8-2-1-5-16-10(8)15/h1-2,5,9H,3-4,6-7H2,(H2,15,16). The number of nitrogen functional groups attached to an aromatic ring is 1. The summed E-state index contributed by atoms with van der Waals surface area (Å²) in [5, 5.41) is 0. The molecule has 0 aromatic carbocycles. The van der Waals surface area contributed by atoms with Gasteiger partial charge in [-0.05, 0) is 18.9 Å². The van der Waals surface area contributed by atoms with Crippen LogP contribution in [0.25, 0.3) is 0 Å². The fourth-order valence-electron chi connectivity index (χ4n) is 1.79. The molecule has 0 atom stereocenters. The Balaban J connectivity index is 2.05. The summed E-state index contributed by atoms with van der Waals surface area (Å²) in [6.45, 7) is -0.671. The number of hydrogen-bond donors (Lipinski definition) is 1. The predicted octanol–water partition coefficient (Wildman–Crippen LogP) is 2.19. The van der Waals surface area contributed by atoms with Crippen molar-refractivity contribution in [1.29, 1.82) is 0 Å². The molecule has 1 fully saturated rings. The molecule has 0 amide bonds. The summed E-state index contributed by atoms with van der Waals surface area (Å²) in [5.41, 5.74) is 6.29. The number of halogens is 3. The van der Waals surface area contributed by atoms with Crippen LogP contribution >= 0.6 is 0 Å². The van der Waals surface area contributed by atoms with Crippen molar-refractivity contribution in [2.75, 3.05) is 12.3 Å². The smallest absolute Gasteiger partial charge is 0.383 e. The van der Waals surface area contributed by atoms with E-state index in [4.69, 9.17) is 5.73 Å². The van der Waals surface area contributed by atoms with Crippen molar-refractivity contribution < 1.29 is 13.2 Å². The number of alkyl halides is 3. The molecule has 6 heteroatoms. The second kappa shape index (κ2) is 4.52. The van der Waals surface area contributed by atoms with Gasteiger partial charge in [-0.15, -0.1) is 0 Å². The van der Waals surface area contributed by atoms with E-state index in [9.17, 15) is 13.2 Å². The Morgan fingerprint density at radius 2 is 2.12 bits per heavy atom. The maximum absolute atomic E-state index is 12.4. The van der Waals surface area contributed by atoms with E-state index >= 15 is 0 Å². The van der Waals surface area contributed by atoms with Crippen molar-refractivity contribution in [3.05, 3.63) is 23.9 Å². The van der Waals surface area contributed by atoms with Crippen LogP contribution in [0.1, 0.15) is 18.4 Å². The number of nitrogens with two attached hydrogens (primary N) is 1. The summed E-state index contributed by atoms with van der Waals surface area (Å²) < 4.78 is 37.2. The minimum atomic E-state index is -4.17. The second-order valence-corrected chi connectivity index (χ2v) is 4.30. The highest BCUT2D eigenvalue weighted by Crippen LogP contribution is 2.31. The quantitative estimate of drug-likeness (QED) is 0.884. The predicted molar refractivity (Wildman–Crippen MR) is 58.1 cm³/mol. The first-order chi connectivity index (χ1) is 7.96. The van der Waals surface area contributed by atoms with Gasteiger partial charge in [0.15, 0.2) is 0 Å². The van der Waals surface area contributed by atoms with Crippen LogP contribution in [-0.2, 0) is 6.54 Å². The van der Waals surface area contributed by atoms with E-state index in [2.05, 4.69) is 4.98 Å². The lowest BCUT2D eigenvalue weighted by atomic mass is 10.2. The van der Waals surface area contributed by atoms with Crippen molar-refractivity contribution in [1.82, 2.24) is 9.88 Å². The average molecular weight is 245 g/mol. The number of pyridine rings is 1. The lowest BCUT2D eigenvalue weighted by Gasteiger charge is -2.23. The monoisotopic (exact) mass is 245 g/mol. The van der Waals surface area contributed by atoms with Crippen LogP contribution in [0.4, 0.5) is 19.0 Å². The van der Waals surface area contributed by atoms with E-state index in [1.165, 1.54) is 11.1 Å². The van der Waals surface area contributed by atoms with E-state index in [1.54, 1.807) is 12.1 Å². The Kier molecular flexibility index (Phi) is 3.24. The molecule has 3 nitrogen and oxygen atoms in total. The summed E-state index contributed by atoms with van der Waals surface area (Å²) in [7, 11) is 0. The van der Waals surface area contributed by atoms with Crippen LogP contribution in [0, 0.1) is 0 Å². The molecule has 1 aromatic heterocycles. The number of rotatable bonds is 4. The first-order valence-electron chi connectivity index (χ1n) is 5.46. The molecule has 0 saturated heterocycles. The van der Waals surface area contributed by atoms with Gasteiger partial charge in [0.2, 0.25) is 0 Å². The van der Waals surface area contributed by atoms with Crippen molar-refractivity contribution in [3.8, 4) is 0 Å². The summed E-state index contributed by atoms with van der Waals surface area (Å²) in [6.07, 6.45) is -0.976. The molecular formula is C11H14F3N3. The van der Waals surface area contributed by atoms with Gasteiger partial charge in [0.25, 0.3) is 0 Å². The van der Waals surface area contributed by atoms with E-state index in [-0.39, 0.29) is 12.6 Å². The van der Waals surface area contributed by atoms with E-state index in [0.29, 0.717) is 11.4 Å². The minimum Gasteiger partial charge on any atom is -0.383 e. The summed E-state index contributed by atoms with van der Waals surface area (Å²) in [5.74, 6) is 0.306. The van der Waals surface area contributed by atoms with Crippen LogP contribution < -0.4 is 5.73 Å². The molecule has 94 valence electrons. The third-order valence-electron chi connectivity index (χ3n) is 2.75. The maximum Gasteiger partial charge on any atom is 0.401 e. The Morgan fingerprint density at radius 1 is 1.41 bits per heavy atom. The Bertz CT molecular complexity index is 388. The molecule has 0 unspecified atom stereocenters. The van der Waals surface area contributed by atoms with Crippen LogP contribution in [0.15, 0.2) is 18.3 Å². The molecule has 1 heterocycles. The molecule has 17 heavy (non-hydrogen) atoms. The molecule has 0 radical (unpaired) electrons. The van der Waals surface area contributed by atoms with E-state index < -0.39 is 12.7 Å². The van der Waals surface area contributed by atoms with Gasteiger partial charge < -0.3 is 5.73 Å². The molecule has 0 bridgehead atoms. The molecular weight excluding hydrogens is 231 g/mol. The van der Waals surface area contributed by atoms with E-state index in [1.807, 2.05) is 0 Å². The molecule has 1 saturated carbocycles. The highest BCUT2D eigenvalue weighted by atomic mass is 19.4. The lowest BCUT2D eigenvalue weighted by Crippen LogP contribution is -2.35. The van der Waals surface area contributed by atoms with Gasteiger partial charge in [-0.2, -0.15) is 13.2 Å². The first kappa shape index (κ1) is 12.2. The van der Waals surface area contributed by atoms with Gasteiger partial charge in [-0.25, -0.2) is 4.98 Å². The molecule has 2 N–H and O–H groups in total. The zero-order valence-corrected chi connectivity index (χ0v) is 9.24. The van der Waals surface area contributed by atoms with Crippen LogP contribution in [0.2, 0.25) is 0 Å². The molecule has 1 aromatic rings. The van der Waals surface area contributed by atoms with Crippen LogP contribution in [0.5, 0.6) is 0 Å². The normalized spacial score (nSPS) is 16.5. The molecule has 1 aliphatic rings. The van der Waals surface area contributed by atoms with Crippen LogP contribution in [0.3, 0.4) is 0 Å². The maximum atomic E-state index is 12.4. The van der Waals surface area contributed by atoms with Crippen LogP contribution in [-0.4, -0.2) is 28.6 Å². The molecule has 0 spiro atoms. The third kappa shape index (κ3) is 3.59. The first-order valence-corrected chi connectivity index (χ1v) is 5.46.